The second-order valence-electron chi connectivity index (χ2n) is 4.94. The third kappa shape index (κ3) is 4.02. The van der Waals surface area contributed by atoms with E-state index in [-0.39, 0.29) is 5.56 Å². The molecule has 1 aromatic carbocycles. The van der Waals surface area contributed by atoms with Gasteiger partial charge in [0.2, 0.25) is 0 Å². The predicted octanol–water partition coefficient (Wildman–Crippen LogP) is 1.02. The van der Waals surface area contributed by atoms with Gasteiger partial charge in [0.25, 0.3) is 0 Å². The topological polar surface area (TPSA) is 78.8 Å². The van der Waals surface area contributed by atoms with Gasteiger partial charge in [0.15, 0.2) is 0 Å². The predicted molar refractivity (Wildman–Crippen MR) is 70.1 cm³/mol. The first kappa shape index (κ1) is 14.0. The third-order valence-electron chi connectivity index (χ3n) is 3.41. The van der Waals surface area contributed by atoms with Gasteiger partial charge in [-0.3, -0.25) is 0 Å². The summed E-state index contributed by atoms with van der Waals surface area (Å²) >= 11 is 0. The van der Waals surface area contributed by atoms with Gasteiger partial charge < -0.3 is 20.3 Å². The molecule has 0 aromatic heterocycles. The minimum atomic E-state index is -0.920. The highest BCUT2D eigenvalue weighted by Crippen LogP contribution is 2.19. The molecule has 104 valence electrons. The lowest BCUT2D eigenvalue weighted by Gasteiger charge is -2.32. The van der Waals surface area contributed by atoms with Crippen LogP contribution < -0.4 is 5.32 Å². The fourth-order valence-corrected chi connectivity index (χ4v) is 2.13. The van der Waals surface area contributed by atoms with E-state index < -0.39 is 11.6 Å². The van der Waals surface area contributed by atoms with Crippen LogP contribution in [0.25, 0.3) is 0 Å². The molecule has 1 aliphatic rings. The van der Waals surface area contributed by atoms with Crippen molar-refractivity contribution in [2.45, 2.75) is 25.0 Å². The smallest absolute Gasteiger partial charge is 0.335 e. The van der Waals surface area contributed by atoms with Gasteiger partial charge in [-0.2, -0.15) is 0 Å². The van der Waals surface area contributed by atoms with Crippen LogP contribution in [0.5, 0.6) is 0 Å². The quantitative estimate of drug-likeness (QED) is 0.740. The average Bonchev–Trinajstić information content (AvgIpc) is 2.40. The first-order chi connectivity index (χ1) is 9.09. The Balaban J connectivity index is 1.80. The van der Waals surface area contributed by atoms with Gasteiger partial charge in [0.1, 0.15) is 0 Å². The van der Waals surface area contributed by atoms with E-state index in [1.165, 1.54) is 0 Å². The number of ether oxygens (including phenoxy) is 1. The van der Waals surface area contributed by atoms with Crippen LogP contribution in [0, 0.1) is 0 Å². The van der Waals surface area contributed by atoms with Crippen LogP contribution in [-0.2, 0) is 11.3 Å². The SMILES string of the molecule is O=C(O)c1ccc(CNCC2(O)CCOCC2)cc1. The molecule has 2 rings (SSSR count). The van der Waals surface area contributed by atoms with Crippen molar-refractivity contribution in [3.63, 3.8) is 0 Å². The number of nitrogens with one attached hydrogen (secondary N) is 1. The molecule has 1 aliphatic heterocycles. The van der Waals surface area contributed by atoms with Gasteiger partial charge in [-0.05, 0) is 17.7 Å². The monoisotopic (exact) mass is 265 g/mol. The normalized spacial score (nSPS) is 18.2. The van der Waals surface area contributed by atoms with Gasteiger partial charge >= 0.3 is 5.97 Å². The van der Waals surface area contributed by atoms with Crippen molar-refractivity contribution in [1.29, 1.82) is 0 Å². The van der Waals surface area contributed by atoms with E-state index in [9.17, 15) is 9.90 Å². The van der Waals surface area contributed by atoms with Crippen LogP contribution in [0.4, 0.5) is 0 Å². The van der Waals surface area contributed by atoms with E-state index in [1.807, 2.05) is 0 Å². The van der Waals surface area contributed by atoms with Crippen LogP contribution in [0.1, 0.15) is 28.8 Å². The largest absolute Gasteiger partial charge is 0.478 e. The zero-order valence-electron chi connectivity index (χ0n) is 10.8. The summed E-state index contributed by atoms with van der Waals surface area (Å²) in [5.41, 5.74) is 0.603. The Hall–Kier alpha value is -1.43. The van der Waals surface area contributed by atoms with Crippen LogP contribution >= 0.6 is 0 Å². The molecule has 0 saturated carbocycles. The molecule has 0 bridgehead atoms. The summed E-state index contributed by atoms with van der Waals surface area (Å²) in [5, 5.41) is 22.2. The number of aliphatic hydroxyl groups is 1. The molecule has 1 heterocycles. The summed E-state index contributed by atoms with van der Waals surface area (Å²) in [6.07, 6.45) is 1.30. The summed E-state index contributed by atoms with van der Waals surface area (Å²) in [6, 6.07) is 6.74. The number of rotatable bonds is 5. The molecule has 0 radical (unpaired) electrons. The molecular formula is C14H19NO4. The summed E-state index contributed by atoms with van der Waals surface area (Å²) in [4.78, 5) is 10.7. The second kappa shape index (κ2) is 6.14. The van der Waals surface area contributed by atoms with Gasteiger partial charge in [-0.15, -0.1) is 0 Å². The molecule has 3 N–H and O–H groups in total. The summed E-state index contributed by atoms with van der Waals surface area (Å²) in [5.74, 6) is -0.920. The molecule has 19 heavy (non-hydrogen) atoms. The highest BCUT2D eigenvalue weighted by Gasteiger charge is 2.28. The molecule has 0 amide bonds. The Morgan fingerprint density at radius 1 is 1.26 bits per heavy atom. The maximum Gasteiger partial charge on any atom is 0.335 e. The Bertz CT molecular complexity index is 424. The fraction of sp³-hybridized carbons (Fsp3) is 0.500. The number of benzene rings is 1. The van der Waals surface area contributed by atoms with Crippen molar-refractivity contribution in [3.8, 4) is 0 Å². The number of hydrogen-bond donors (Lipinski definition) is 3. The standard InChI is InChI=1S/C14H19NO4/c16-13(17)12-3-1-11(2-4-12)9-15-10-14(18)5-7-19-8-6-14/h1-4,15,18H,5-10H2,(H,16,17). The van der Waals surface area contributed by atoms with Crippen molar-refractivity contribution in [2.24, 2.45) is 0 Å². The second-order valence-corrected chi connectivity index (χ2v) is 4.94. The highest BCUT2D eigenvalue weighted by molar-refractivity contribution is 5.87. The summed E-state index contributed by atoms with van der Waals surface area (Å²) in [7, 11) is 0. The van der Waals surface area contributed by atoms with E-state index in [0.717, 1.165) is 5.56 Å². The molecule has 0 aliphatic carbocycles. The van der Waals surface area contributed by atoms with Crippen molar-refractivity contribution in [2.75, 3.05) is 19.8 Å². The Kier molecular flexibility index (Phi) is 4.52. The summed E-state index contributed by atoms with van der Waals surface area (Å²) in [6.45, 7) is 2.34. The zero-order valence-corrected chi connectivity index (χ0v) is 10.8. The van der Waals surface area contributed by atoms with Gasteiger partial charge in [0.05, 0.1) is 11.2 Å². The number of carboxylic acid groups (broad SMARTS) is 1. The molecule has 1 fully saturated rings. The van der Waals surface area contributed by atoms with Crippen LogP contribution in [0.3, 0.4) is 0 Å². The van der Waals surface area contributed by atoms with E-state index in [0.29, 0.717) is 39.1 Å². The van der Waals surface area contributed by atoms with E-state index >= 15 is 0 Å². The Morgan fingerprint density at radius 2 is 1.89 bits per heavy atom. The number of aromatic carboxylic acids is 1. The highest BCUT2D eigenvalue weighted by atomic mass is 16.5. The molecule has 5 nitrogen and oxygen atoms in total. The first-order valence-electron chi connectivity index (χ1n) is 6.42. The van der Waals surface area contributed by atoms with Gasteiger partial charge in [0, 0.05) is 39.1 Å². The van der Waals surface area contributed by atoms with Crippen molar-refractivity contribution in [1.82, 2.24) is 5.32 Å². The lowest BCUT2D eigenvalue weighted by molar-refractivity contribution is -0.0617. The molecular weight excluding hydrogens is 246 g/mol. The van der Waals surface area contributed by atoms with Gasteiger partial charge in [-0.25, -0.2) is 4.79 Å². The van der Waals surface area contributed by atoms with Crippen LogP contribution in [0.2, 0.25) is 0 Å². The zero-order chi connectivity index (χ0) is 13.7. The maximum absolute atomic E-state index is 10.7. The molecule has 0 spiro atoms. The van der Waals surface area contributed by atoms with Gasteiger partial charge in [-0.1, -0.05) is 12.1 Å². The average molecular weight is 265 g/mol. The number of carboxylic acids is 1. The van der Waals surface area contributed by atoms with Crippen molar-refractivity contribution in [3.05, 3.63) is 35.4 Å². The Morgan fingerprint density at radius 3 is 2.47 bits per heavy atom. The molecule has 1 aromatic rings. The molecule has 1 saturated heterocycles. The maximum atomic E-state index is 10.7. The Labute approximate surface area is 112 Å². The van der Waals surface area contributed by atoms with E-state index in [4.69, 9.17) is 9.84 Å². The van der Waals surface area contributed by atoms with Crippen LogP contribution in [0.15, 0.2) is 24.3 Å². The lowest BCUT2D eigenvalue weighted by Crippen LogP contribution is -2.44. The van der Waals surface area contributed by atoms with Crippen molar-refractivity contribution < 1.29 is 19.7 Å². The molecule has 0 unspecified atom stereocenters. The molecule has 0 atom stereocenters. The minimum absolute atomic E-state index is 0.284. The van der Waals surface area contributed by atoms with Crippen LogP contribution in [-0.4, -0.2) is 41.5 Å². The fourth-order valence-electron chi connectivity index (χ4n) is 2.13. The number of carbonyl (C=O) groups is 1. The third-order valence-corrected chi connectivity index (χ3v) is 3.41. The van der Waals surface area contributed by atoms with Crippen molar-refractivity contribution >= 4 is 5.97 Å². The van der Waals surface area contributed by atoms with E-state index in [1.54, 1.807) is 24.3 Å². The summed E-state index contributed by atoms with van der Waals surface area (Å²) < 4.78 is 5.22. The molecule has 5 heteroatoms. The first-order valence-corrected chi connectivity index (χ1v) is 6.42. The lowest BCUT2D eigenvalue weighted by atomic mass is 9.94. The minimum Gasteiger partial charge on any atom is -0.478 e. The number of hydrogen-bond acceptors (Lipinski definition) is 4. The van der Waals surface area contributed by atoms with E-state index in [2.05, 4.69) is 5.32 Å².